The molecule has 0 saturated heterocycles. The third kappa shape index (κ3) is 35.8. The smallest absolute Gasteiger partial charge is 0.550 e. The van der Waals surface area contributed by atoms with Crippen LogP contribution in [0.1, 0.15) is 85.5 Å². The summed E-state index contributed by atoms with van der Waals surface area (Å²) in [5.74, 6) is -0.784. The van der Waals surface area contributed by atoms with Crippen molar-refractivity contribution in [2.24, 2.45) is 5.92 Å². The monoisotopic (exact) mass is 384 g/mol. The van der Waals surface area contributed by atoms with E-state index in [0.717, 1.165) is 5.92 Å². The van der Waals surface area contributed by atoms with Gasteiger partial charge in [0.2, 0.25) is 0 Å². The number of unbranched alkanes of at least 4 members (excludes halogenated alkanes) is 6. The molecule has 0 amide bonds. The summed E-state index contributed by atoms with van der Waals surface area (Å²) < 4.78 is 0. The molecule has 0 heterocycles. The Morgan fingerprint density at radius 2 is 1.25 bits per heavy atom. The van der Waals surface area contributed by atoms with E-state index in [0.29, 0.717) is 0 Å². The molecule has 0 aliphatic rings. The maximum Gasteiger partial charge on any atom is 1.00 e. The number of hydrogen-bond acceptors (Lipinski definition) is 4. The van der Waals surface area contributed by atoms with Crippen LogP contribution in [0.3, 0.4) is 0 Å². The molecule has 0 rings (SSSR count). The zero-order valence-electron chi connectivity index (χ0n) is 17.1. The molecular formula is C17H31K2LiO4. The van der Waals surface area contributed by atoms with E-state index >= 15 is 0 Å². The van der Waals surface area contributed by atoms with Gasteiger partial charge in [-0.3, -0.25) is 0 Å². The Morgan fingerprint density at radius 3 is 1.54 bits per heavy atom. The molecule has 4 nitrogen and oxygen atoms in total. The minimum absolute atomic E-state index is 0. The standard InChI is InChI=1S/C14H29.C3H4O4.2K.Li/c1-5-6-7-8-9-10-11-12-14(4)13(2)3;4-2(5)1-3(6)7;;;/h13H,5-12H2,1-4H3;1H2,(H,4,5)(H,6,7);;;/q-1;;3*+1/p-2. The minimum atomic E-state index is -1.63. The first-order valence-electron chi connectivity index (χ1n) is 8.03. The second-order valence-corrected chi connectivity index (χ2v) is 5.79. The van der Waals surface area contributed by atoms with Crippen molar-refractivity contribution in [2.75, 3.05) is 0 Å². The summed E-state index contributed by atoms with van der Waals surface area (Å²) >= 11 is 0. The third-order valence-electron chi connectivity index (χ3n) is 3.45. The Bertz CT molecular complexity index is 265. The minimum Gasteiger partial charge on any atom is -0.550 e. The van der Waals surface area contributed by atoms with E-state index in [1.807, 2.05) is 0 Å². The quantitative estimate of drug-likeness (QED) is 0.154. The molecule has 24 heavy (non-hydrogen) atoms. The van der Waals surface area contributed by atoms with Crippen molar-refractivity contribution in [3.8, 4) is 0 Å². The van der Waals surface area contributed by atoms with Gasteiger partial charge in [0.25, 0.3) is 0 Å². The Labute approximate surface area is 246 Å². The fourth-order valence-electron chi connectivity index (χ4n) is 1.77. The van der Waals surface area contributed by atoms with Crippen LogP contribution in [0.5, 0.6) is 0 Å². The maximum atomic E-state index is 9.28. The topological polar surface area (TPSA) is 80.3 Å². The SMILES string of the molecule is CCCCCCCCC[C-](C)C(C)C.O=C([O-])CC(=O)[O-].[K+].[K+].[Li+]. The second kappa shape index (κ2) is 28.0. The van der Waals surface area contributed by atoms with Gasteiger partial charge in [0, 0.05) is 18.4 Å². The van der Waals surface area contributed by atoms with Gasteiger partial charge in [0.05, 0.1) is 0 Å². The fourth-order valence-corrected chi connectivity index (χ4v) is 1.77. The average molecular weight is 385 g/mol. The van der Waals surface area contributed by atoms with E-state index in [1.54, 1.807) is 5.92 Å². The Hall–Kier alpha value is 2.81. The number of aliphatic carboxylic acids is 2. The van der Waals surface area contributed by atoms with Gasteiger partial charge in [-0.2, -0.15) is 19.3 Å². The molecule has 0 aromatic heterocycles. The molecule has 0 unspecified atom stereocenters. The number of carboxylic acids is 2. The van der Waals surface area contributed by atoms with Gasteiger partial charge in [-0.1, -0.05) is 65.7 Å². The molecule has 0 bridgehead atoms. The summed E-state index contributed by atoms with van der Waals surface area (Å²) in [7, 11) is 0. The summed E-state index contributed by atoms with van der Waals surface area (Å²) in [6.45, 7) is 9.19. The first kappa shape index (κ1) is 37.5. The predicted octanol–water partition coefficient (Wildman–Crippen LogP) is -6.73. The van der Waals surface area contributed by atoms with E-state index in [4.69, 9.17) is 0 Å². The van der Waals surface area contributed by atoms with Crippen LogP contribution in [0.2, 0.25) is 0 Å². The van der Waals surface area contributed by atoms with E-state index in [1.165, 1.54) is 51.4 Å². The number of hydrogen-bond donors (Lipinski definition) is 0. The van der Waals surface area contributed by atoms with Gasteiger partial charge in [-0.05, 0) is 0 Å². The summed E-state index contributed by atoms with van der Waals surface area (Å²) in [5.41, 5.74) is 0. The Balaban J connectivity index is -0.000000105. The molecule has 7 heteroatoms. The number of rotatable bonds is 11. The third-order valence-corrected chi connectivity index (χ3v) is 3.45. The molecule has 0 aliphatic heterocycles. The molecule has 0 fully saturated rings. The average Bonchev–Trinajstić information content (AvgIpc) is 2.36. The largest absolute Gasteiger partial charge is 1.00 e. The summed E-state index contributed by atoms with van der Waals surface area (Å²) in [4.78, 5) is 18.6. The van der Waals surface area contributed by atoms with Crippen LogP contribution >= 0.6 is 0 Å². The van der Waals surface area contributed by atoms with E-state index in [-0.39, 0.29) is 122 Å². The van der Waals surface area contributed by atoms with Crippen LogP contribution in [-0.4, -0.2) is 11.9 Å². The van der Waals surface area contributed by atoms with Crippen LogP contribution in [-0.2, 0) is 9.59 Å². The Kier molecular flexibility index (Phi) is 43.8. The molecule has 0 radical (unpaired) electrons. The molecule has 0 spiro atoms. The van der Waals surface area contributed by atoms with Crippen molar-refractivity contribution in [3.63, 3.8) is 0 Å². The van der Waals surface area contributed by atoms with Crippen LogP contribution in [0, 0.1) is 11.8 Å². The van der Waals surface area contributed by atoms with Crippen molar-refractivity contribution in [1.29, 1.82) is 0 Å². The van der Waals surface area contributed by atoms with Crippen LogP contribution in [0.25, 0.3) is 0 Å². The van der Waals surface area contributed by atoms with Gasteiger partial charge in [-0.25, -0.2) is 0 Å². The van der Waals surface area contributed by atoms with E-state index in [9.17, 15) is 19.8 Å². The number of carbonyl (C=O) groups is 2. The van der Waals surface area contributed by atoms with Crippen molar-refractivity contribution in [3.05, 3.63) is 5.92 Å². The molecule has 0 aliphatic carbocycles. The zero-order valence-corrected chi connectivity index (χ0v) is 23.3. The molecule has 126 valence electrons. The normalized spacial score (nSPS) is 9.08. The molecule has 0 atom stereocenters. The second-order valence-electron chi connectivity index (χ2n) is 5.79. The van der Waals surface area contributed by atoms with Crippen LogP contribution in [0.4, 0.5) is 0 Å². The summed E-state index contributed by atoms with van der Waals surface area (Å²) in [5, 5.41) is 18.6. The van der Waals surface area contributed by atoms with Crippen molar-refractivity contribution >= 4 is 11.9 Å². The molecule has 0 saturated carbocycles. The fraction of sp³-hybridized carbons (Fsp3) is 0.824. The van der Waals surface area contributed by atoms with Gasteiger partial charge < -0.3 is 25.7 Å². The van der Waals surface area contributed by atoms with E-state index < -0.39 is 18.4 Å². The Morgan fingerprint density at radius 1 is 0.875 bits per heavy atom. The van der Waals surface area contributed by atoms with Gasteiger partial charge in [-0.15, -0.1) is 0 Å². The first-order chi connectivity index (χ1) is 9.81. The maximum absolute atomic E-state index is 9.28. The molecular weight excluding hydrogens is 353 g/mol. The van der Waals surface area contributed by atoms with Crippen molar-refractivity contribution in [1.82, 2.24) is 0 Å². The van der Waals surface area contributed by atoms with Crippen LogP contribution < -0.4 is 132 Å². The van der Waals surface area contributed by atoms with Gasteiger partial charge in [0.1, 0.15) is 0 Å². The predicted molar refractivity (Wildman–Crippen MR) is 81.0 cm³/mol. The zero-order chi connectivity index (χ0) is 16.7. The van der Waals surface area contributed by atoms with Gasteiger partial charge in [0.15, 0.2) is 0 Å². The molecule has 0 aromatic carbocycles. The molecule has 0 aromatic rings. The van der Waals surface area contributed by atoms with Crippen molar-refractivity contribution in [2.45, 2.75) is 85.5 Å². The number of carbonyl (C=O) groups excluding carboxylic acids is 2. The van der Waals surface area contributed by atoms with Crippen LogP contribution in [0.15, 0.2) is 0 Å². The van der Waals surface area contributed by atoms with E-state index in [2.05, 4.69) is 27.7 Å². The molecule has 0 N–H and O–H groups in total. The number of carboxylic acid groups (broad SMARTS) is 2. The summed E-state index contributed by atoms with van der Waals surface area (Å²) in [6.07, 6.45) is 10.3. The summed E-state index contributed by atoms with van der Waals surface area (Å²) in [6, 6.07) is 0. The van der Waals surface area contributed by atoms with Crippen molar-refractivity contribution < 1.29 is 141 Å². The van der Waals surface area contributed by atoms with Gasteiger partial charge >= 0.3 is 122 Å². The first-order valence-corrected chi connectivity index (χ1v) is 8.03.